The molecule has 2 amide bonds. The number of amides is 2. The molecule has 0 radical (unpaired) electrons. The van der Waals surface area contributed by atoms with Gasteiger partial charge in [0.1, 0.15) is 0 Å². The maximum atomic E-state index is 13.0. The number of benzene rings is 1. The van der Waals surface area contributed by atoms with Crippen LogP contribution in [0.5, 0.6) is 0 Å². The topological polar surface area (TPSA) is 32.8 Å². The molecule has 3 rings (SSSR count). The van der Waals surface area contributed by atoms with Gasteiger partial charge < -0.3 is 14.5 Å². The van der Waals surface area contributed by atoms with Crippen molar-refractivity contribution in [2.45, 2.75) is 39.7 Å². The number of hydrogen-bond donors (Lipinski definition) is 0. The van der Waals surface area contributed by atoms with Gasteiger partial charge in [0.2, 0.25) is 0 Å². The fourth-order valence-electron chi connectivity index (χ4n) is 3.83. The molecule has 0 aliphatic carbocycles. The van der Waals surface area contributed by atoms with Gasteiger partial charge in [-0.15, -0.1) is 0 Å². The molecule has 0 saturated carbocycles. The van der Waals surface area contributed by atoms with Crippen LogP contribution < -0.4 is 0 Å². The quantitative estimate of drug-likeness (QED) is 0.597. The number of rotatable bonds is 0. The Bertz CT molecular complexity index is 832. The zero-order valence-corrected chi connectivity index (χ0v) is 18.0. The van der Waals surface area contributed by atoms with E-state index in [9.17, 15) is 4.79 Å². The van der Waals surface area contributed by atoms with Crippen molar-refractivity contribution >= 4 is 17.6 Å². The summed E-state index contributed by atoms with van der Waals surface area (Å²) in [7, 11) is 0. The molecule has 2 aliphatic rings. The zero-order chi connectivity index (χ0) is 20.4. The highest BCUT2D eigenvalue weighted by Crippen LogP contribution is 2.34. The minimum atomic E-state index is -0.278. The molecule has 1 aromatic carbocycles. The van der Waals surface area contributed by atoms with Gasteiger partial charge in [-0.05, 0) is 44.5 Å². The number of likely N-dealkylation sites (tertiary alicyclic amines) is 1. The lowest BCUT2D eigenvalue weighted by Gasteiger charge is -2.44. The molecule has 0 aromatic heterocycles. The van der Waals surface area contributed by atoms with Crippen LogP contribution in [0, 0.1) is 17.3 Å². The van der Waals surface area contributed by atoms with Gasteiger partial charge in [0.05, 0.1) is 18.8 Å². The number of nitrogens with zero attached hydrogens (tertiary/aromatic N) is 2. The molecule has 0 N–H and O–H groups in total. The third-order valence-electron chi connectivity index (χ3n) is 5.36. The van der Waals surface area contributed by atoms with E-state index in [1.165, 1.54) is 5.57 Å². The number of allylic oxidation sites excluding steroid dienone is 1. The first-order chi connectivity index (χ1) is 13.2. The monoisotopic (exact) mass is 400 g/mol. The summed E-state index contributed by atoms with van der Waals surface area (Å²) < 4.78 is 5.73. The predicted octanol–water partition coefficient (Wildman–Crippen LogP) is 4.58. The predicted molar refractivity (Wildman–Crippen MR) is 113 cm³/mol. The lowest BCUT2D eigenvalue weighted by Crippen LogP contribution is -2.56. The van der Waals surface area contributed by atoms with E-state index in [-0.39, 0.29) is 17.0 Å². The van der Waals surface area contributed by atoms with Gasteiger partial charge in [0.15, 0.2) is 0 Å². The third-order valence-corrected chi connectivity index (χ3v) is 5.60. The Kier molecular flexibility index (Phi) is 6.07. The highest BCUT2D eigenvalue weighted by molar-refractivity contribution is 6.30. The van der Waals surface area contributed by atoms with E-state index < -0.39 is 0 Å². The minimum Gasteiger partial charge on any atom is -0.372 e. The molecule has 2 aliphatic heterocycles. The SMILES string of the molecule is CC1(C)CN(C(=O)N2CC/C(=C\C#Cc3cccc(Cl)c3)C(C)(C)C2)CCO1. The van der Waals surface area contributed by atoms with Gasteiger partial charge in [-0.2, -0.15) is 0 Å². The van der Waals surface area contributed by atoms with E-state index in [2.05, 4.69) is 25.7 Å². The second kappa shape index (κ2) is 8.19. The number of ether oxygens (including phenoxy) is 1. The number of halogens is 1. The van der Waals surface area contributed by atoms with Crippen molar-refractivity contribution in [1.29, 1.82) is 0 Å². The van der Waals surface area contributed by atoms with E-state index in [1.807, 2.05) is 54.0 Å². The Hall–Kier alpha value is -1.96. The summed E-state index contributed by atoms with van der Waals surface area (Å²) >= 11 is 6.01. The smallest absolute Gasteiger partial charge is 0.320 e. The number of piperidine rings is 1. The Morgan fingerprint density at radius 2 is 1.93 bits per heavy atom. The van der Waals surface area contributed by atoms with Crippen LogP contribution in [0.3, 0.4) is 0 Å². The van der Waals surface area contributed by atoms with Crippen LogP contribution in [0.15, 0.2) is 35.9 Å². The van der Waals surface area contributed by atoms with Crippen molar-refractivity contribution in [2.75, 3.05) is 32.8 Å². The van der Waals surface area contributed by atoms with Gasteiger partial charge in [-0.25, -0.2) is 4.79 Å². The minimum absolute atomic E-state index is 0.0985. The van der Waals surface area contributed by atoms with Crippen molar-refractivity contribution in [3.05, 3.63) is 46.5 Å². The Labute approximate surface area is 173 Å². The Morgan fingerprint density at radius 3 is 2.61 bits per heavy atom. The largest absolute Gasteiger partial charge is 0.372 e. The van der Waals surface area contributed by atoms with Crippen molar-refractivity contribution in [1.82, 2.24) is 9.80 Å². The summed E-state index contributed by atoms with van der Waals surface area (Å²) in [4.78, 5) is 16.9. The van der Waals surface area contributed by atoms with Crippen molar-refractivity contribution in [3.8, 4) is 11.8 Å². The lowest BCUT2D eigenvalue weighted by molar-refractivity contribution is -0.0772. The summed E-state index contributed by atoms with van der Waals surface area (Å²) in [6.07, 6.45) is 2.86. The third kappa shape index (κ3) is 5.10. The van der Waals surface area contributed by atoms with Crippen LogP contribution in [-0.4, -0.2) is 54.2 Å². The molecule has 2 saturated heterocycles. The second-order valence-corrected chi connectivity index (χ2v) is 9.25. The number of hydrogen-bond acceptors (Lipinski definition) is 2. The molecular formula is C23H29ClN2O2. The van der Waals surface area contributed by atoms with Crippen LogP contribution in [-0.2, 0) is 4.74 Å². The highest BCUT2D eigenvalue weighted by Gasteiger charge is 2.37. The molecule has 2 heterocycles. The van der Waals surface area contributed by atoms with Crippen molar-refractivity contribution < 1.29 is 9.53 Å². The van der Waals surface area contributed by atoms with Gasteiger partial charge >= 0.3 is 6.03 Å². The number of carbonyl (C=O) groups excluding carboxylic acids is 1. The summed E-state index contributed by atoms with van der Waals surface area (Å²) in [6.45, 7) is 11.8. The molecular weight excluding hydrogens is 372 g/mol. The molecule has 5 heteroatoms. The highest BCUT2D eigenvalue weighted by atomic mass is 35.5. The summed E-state index contributed by atoms with van der Waals surface area (Å²) in [6, 6.07) is 7.68. The van der Waals surface area contributed by atoms with Gasteiger partial charge in [0, 0.05) is 35.6 Å². The first-order valence-electron chi connectivity index (χ1n) is 9.81. The van der Waals surface area contributed by atoms with Gasteiger partial charge in [-0.3, -0.25) is 0 Å². The average Bonchev–Trinajstić information content (AvgIpc) is 2.61. The number of morpholine rings is 1. The number of urea groups is 1. The van der Waals surface area contributed by atoms with E-state index in [0.717, 1.165) is 18.5 Å². The van der Waals surface area contributed by atoms with E-state index in [0.29, 0.717) is 31.3 Å². The van der Waals surface area contributed by atoms with E-state index >= 15 is 0 Å². The molecule has 0 bridgehead atoms. The first kappa shape index (κ1) is 20.8. The number of carbonyl (C=O) groups is 1. The van der Waals surface area contributed by atoms with Crippen LogP contribution in [0.4, 0.5) is 4.79 Å². The first-order valence-corrected chi connectivity index (χ1v) is 10.2. The standard InChI is InChI=1S/C23H29ClN2O2/c1-22(2)16-25(21(27)26-13-14-28-23(3,4)17-26)12-11-19(22)9-5-7-18-8-6-10-20(24)15-18/h6,8-10,15H,11-14,16-17H2,1-4H3/b19-9+. The van der Waals surface area contributed by atoms with E-state index in [4.69, 9.17) is 16.3 Å². The van der Waals surface area contributed by atoms with Crippen molar-refractivity contribution in [3.63, 3.8) is 0 Å². The van der Waals surface area contributed by atoms with Gasteiger partial charge in [0.25, 0.3) is 0 Å². The van der Waals surface area contributed by atoms with Crippen LogP contribution in [0.25, 0.3) is 0 Å². The van der Waals surface area contributed by atoms with Gasteiger partial charge in [-0.1, -0.05) is 48.9 Å². The summed E-state index contributed by atoms with van der Waals surface area (Å²) in [5.74, 6) is 6.32. The summed E-state index contributed by atoms with van der Waals surface area (Å²) in [5, 5.41) is 0.692. The fourth-order valence-corrected chi connectivity index (χ4v) is 4.03. The average molecular weight is 401 g/mol. The molecule has 4 nitrogen and oxygen atoms in total. The molecule has 1 aromatic rings. The second-order valence-electron chi connectivity index (χ2n) is 8.82. The zero-order valence-electron chi connectivity index (χ0n) is 17.2. The van der Waals surface area contributed by atoms with Crippen LogP contribution in [0.1, 0.15) is 39.7 Å². The van der Waals surface area contributed by atoms with E-state index in [1.54, 1.807) is 0 Å². The van der Waals surface area contributed by atoms with Crippen molar-refractivity contribution in [2.24, 2.45) is 5.41 Å². The molecule has 28 heavy (non-hydrogen) atoms. The molecule has 0 spiro atoms. The van der Waals surface area contributed by atoms with Crippen LogP contribution >= 0.6 is 11.6 Å². The van der Waals surface area contributed by atoms with Crippen LogP contribution in [0.2, 0.25) is 5.02 Å². The molecule has 2 fully saturated rings. The molecule has 0 unspecified atom stereocenters. The molecule has 150 valence electrons. The summed E-state index contributed by atoms with van der Waals surface area (Å²) in [5.41, 5.74) is 1.82. The molecule has 0 atom stereocenters. The maximum absolute atomic E-state index is 13.0. The maximum Gasteiger partial charge on any atom is 0.320 e. The Morgan fingerprint density at radius 1 is 1.18 bits per heavy atom. The lowest BCUT2D eigenvalue weighted by atomic mass is 9.79. The fraction of sp³-hybridized carbons (Fsp3) is 0.522. The normalized spacial score (nSPS) is 22.5. The Balaban J connectivity index is 1.66.